The summed E-state index contributed by atoms with van der Waals surface area (Å²) in [5.41, 5.74) is -0.0786. The molecule has 2 aliphatic rings. The van der Waals surface area contributed by atoms with E-state index in [1.54, 1.807) is 11.0 Å². The van der Waals surface area contributed by atoms with Crippen molar-refractivity contribution in [3.63, 3.8) is 0 Å². The van der Waals surface area contributed by atoms with Crippen LogP contribution in [-0.2, 0) is 17.4 Å². The van der Waals surface area contributed by atoms with Gasteiger partial charge in [-0.05, 0) is 37.1 Å². The monoisotopic (exact) mass is 558 g/mol. The highest BCUT2D eigenvalue weighted by molar-refractivity contribution is 5.74. The largest absolute Gasteiger partial charge is 0.495 e. The Morgan fingerprint density at radius 2 is 2.02 bits per heavy atom. The van der Waals surface area contributed by atoms with Crippen LogP contribution in [0.25, 0.3) is 16.9 Å². The Labute approximate surface area is 228 Å². The van der Waals surface area contributed by atoms with Crippen molar-refractivity contribution in [3.05, 3.63) is 58.1 Å². The lowest BCUT2D eigenvalue weighted by atomic mass is 10.1. The lowest BCUT2D eigenvalue weighted by Crippen LogP contribution is -2.35. The Kier molecular flexibility index (Phi) is 7.41. The maximum absolute atomic E-state index is 14.3. The number of alkyl halides is 3. The number of fused-ring (bicyclic) bond motifs is 1. The summed E-state index contributed by atoms with van der Waals surface area (Å²) >= 11 is 0. The molecule has 13 heteroatoms. The van der Waals surface area contributed by atoms with Gasteiger partial charge in [-0.25, -0.2) is 0 Å². The number of amides is 1. The average Bonchev–Trinajstić information content (AvgIpc) is 3.56. The van der Waals surface area contributed by atoms with E-state index >= 15 is 0 Å². The van der Waals surface area contributed by atoms with Gasteiger partial charge in [-0.1, -0.05) is 0 Å². The Balaban J connectivity index is 1.70. The van der Waals surface area contributed by atoms with Gasteiger partial charge >= 0.3 is 6.18 Å². The van der Waals surface area contributed by atoms with Crippen molar-refractivity contribution < 1.29 is 27.8 Å². The molecule has 2 N–H and O–H groups in total. The van der Waals surface area contributed by atoms with E-state index in [1.165, 1.54) is 38.6 Å². The predicted molar refractivity (Wildman–Crippen MR) is 142 cm³/mol. The molecule has 0 aliphatic carbocycles. The van der Waals surface area contributed by atoms with Gasteiger partial charge in [0.05, 0.1) is 36.9 Å². The molecular formula is C27H29F3N6O4. The fraction of sp³-hybridized carbons (Fsp3) is 0.407. The molecule has 2 aliphatic heterocycles. The Hall–Kier alpha value is -4.13. The number of carbonyl (C=O) groups is 1. The number of pyridine rings is 1. The van der Waals surface area contributed by atoms with Crippen molar-refractivity contribution in [2.24, 2.45) is 0 Å². The molecule has 3 aromatic rings. The molecule has 40 heavy (non-hydrogen) atoms. The summed E-state index contributed by atoms with van der Waals surface area (Å²) in [4.78, 5) is 33.0. The minimum absolute atomic E-state index is 0.136. The van der Waals surface area contributed by atoms with Crippen LogP contribution >= 0.6 is 0 Å². The number of methoxy groups -OCH3 is 1. The van der Waals surface area contributed by atoms with Crippen LogP contribution in [0.2, 0.25) is 0 Å². The maximum Gasteiger partial charge on any atom is 0.418 e. The van der Waals surface area contributed by atoms with Crippen molar-refractivity contribution in [1.29, 1.82) is 0 Å². The van der Waals surface area contributed by atoms with Crippen LogP contribution in [0.3, 0.4) is 0 Å². The van der Waals surface area contributed by atoms with Crippen molar-refractivity contribution in [2.75, 3.05) is 49.7 Å². The van der Waals surface area contributed by atoms with Crippen molar-refractivity contribution in [1.82, 2.24) is 20.1 Å². The normalized spacial score (nSPS) is 16.8. The quantitative estimate of drug-likeness (QED) is 0.455. The number of aliphatic hydroxyl groups is 1. The third kappa shape index (κ3) is 5.20. The van der Waals surface area contributed by atoms with Gasteiger partial charge in [0, 0.05) is 62.2 Å². The molecule has 1 atom stereocenters. The molecule has 0 radical (unpaired) electrons. The minimum Gasteiger partial charge on any atom is -0.495 e. The van der Waals surface area contributed by atoms with E-state index in [0.29, 0.717) is 60.7 Å². The highest BCUT2D eigenvalue weighted by Crippen LogP contribution is 2.38. The van der Waals surface area contributed by atoms with E-state index < -0.39 is 23.0 Å². The highest BCUT2D eigenvalue weighted by Gasteiger charge is 2.37. The zero-order chi connectivity index (χ0) is 28.6. The van der Waals surface area contributed by atoms with E-state index in [9.17, 15) is 27.9 Å². The zero-order valence-electron chi connectivity index (χ0n) is 22.0. The number of nitrogens with one attached hydrogen (secondary N) is 1. The first-order chi connectivity index (χ1) is 19.1. The second-order valence-electron chi connectivity index (χ2n) is 9.80. The fourth-order valence-corrected chi connectivity index (χ4v) is 5.40. The second kappa shape index (κ2) is 10.8. The molecule has 5 rings (SSSR count). The number of halogens is 3. The molecule has 1 fully saturated rings. The van der Waals surface area contributed by atoms with E-state index in [1.807, 2.05) is 4.90 Å². The number of β-amino-alcohol motifs (C(OH)–C–C–N with tert-alkyl or cyclic N) is 1. The highest BCUT2D eigenvalue weighted by atomic mass is 19.4. The van der Waals surface area contributed by atoms with E-state index in [-0.39, 0.29) is 30.8 Å². The number of aromatic nitrogens is 3. The Morgan fingerprint density at radius 3 is 2.73 bits per heavy atom. The molecule has 0 spiro atoms. The first kappa shape index (κ1) is 27.4. The van der Waals surface area contributed by atoms with Crippen LogP contribution in [0.5, 0.6) is 5.75 Å². The van der Waals surface area contributed by atoms with Crippen molar-refractivity contribution in [2.45, 2.75) is 32.0 Å². The molecule has 1 amide bonds. The van der Waals surface area contributed by atoms with Gasteiger partial charge in [-0.15, -0.1) is 0 Å². The average molecular weight is 559 g/mol. The minimum atomic E-state index is -4.76. The third-order valence-corrected chi connectivity index (χ3v) is 7.18. The van der Waals surface area contributed by atoms with E-state index in [2.05, 4.69) is 15.4 Å². The lowest BCUT2D eigenvalue weighted by Gasteiger charge is -2.23. The standard InChI is InChI=1S/C27H29F3N6O4/c1-16(38)32-18-5-7-35(15-18)19-3-4-22(27(28,29)30)23(12-19)36-26(39)25-21(6-8-34(25)9-10-37)24(33-36)17-11-20(40-2)14-31-13-17/h3-4,11-14,18,37H,5-10,15H2,1-2H3,(H,32,38)/t18-/m1/s1. The van der Waals surface area contributed by atoms with Crippen LogP contribution in [-0.4, -0.2) is 71.7 Å². The van der Waals surface area contributed by atoms with Gasteiger partial charge in [-0.2, -0.15) is 23.0 Å². The summed E-state index contributed by atoms with van der Waals surface area (Å²) < 4.78 is 49.0. The third-order valence-electron chi connectivity index (χ3n) is 7.18. The van der Waals surface area contributed by atoms with Gasteiger partial charge in [0.25, 0.3) is 5.56 Å². The SMILES string of the molecule is COc1cncc(-c2nn(-c3cc(N4CC[C@@H](NC(C)=O)C4)ccc3C(F)(F)F)c(=O)c3c2CCN3CCO)c1. The maximum atomic E-state index is 14.3. The van der Waals surface area contributed by atoms with E-state index in [0.717, 1.165) is 10.7 Å². The number of anilines is 2. The first-order valence-corrected chi connectivity index (χ1v) is 12.9. The Morgan fingerprint density at radius 1 is 1.23 bits per heavy atom. The number of carbonyl (C=O) groups excluding carboxylic acids is 1. The second-order valence-corrected chi connectivity index (χ2v) is 9.80. The molecule has 0 saturated carbocycles. The molecule has 212 valence electrons. The van der Waals surface area contributed by atoms with Crippen LogP contribution < -0.4 is 25.4 Å². The summed E-state index contributed by atoms with van der Waals surface area (Å²) in [6.07, 6.45) is -0.693. The van der Waals surface area contributed by atoms with Gasteiger partial charge in [0.15, 0.2) is 0 Å². The summed E-state index contributed by atoms with van der Waals surface area (Å²) in [5, 5.41) is 16.9. The zero-order valence-corrected chi connectivity index (χ0v) is 22.0. The van der Waals surface area contributed by atoms with Crippen molar-refractivity contribution in [3.8, 4) is 22.7 Å². The number of rotatable bonds is 7. The molecule has 4 heterocycles. The summed E-state index contributed by atoms with van der Waals surface area (Å²) in [5.74, 6) is 0.248. The molecule has 1 aromatic carbocycles. The summed E-state index contributed by atoms with van der Waals surface area (Å²) in [6, 6.07) is 5.16. The van der Waals surface area contributed by atoms with Crippen molar-refractivity contribution >= 4 is 17.3 Å². The number of aliphatic hydroxyl groups excluding tert-OH is 1. The number of benzene rings is 1. The van der Waals surface area contributed by atoms with Gasteiger partial charge < -0.3 is 25.0 Å². The van der Waals surface area contributed by atoms with Gasteiger partial charge in [0.2, 0.25) is 5.91 Å². The van der Waals surface area contributed by atoms with Gasteiger partial charge in [-0.3, -0.25) is 14.6 Å². The molecule has 0 bridgehead atoms. The molecule has 2 aromatic heterocycles. The lowest BCUT2D eigenvalue weighted by molar-refractivity contribution is -0.137. The number of hydrogen-bond acceptors (Lipinski definition) is 8. The predicted octanol–water partition coefficient (Wildman–Crippen LogP) is 2.39. The summed E-state index contributed by atoms with van der Waals surface area (Å²) in [6.45, 7) is 2.68. The van der Waals surface area contributed by atoms with Gasteiger partial charge in [0.1, 0.15) is 11.4 Å². The van der Waals surface area contributed by atoms with Crippen LogP contribution in [0.1, 0.15) is 24.5 Å². The van der Waals surface area contributed by atoms with E-state index in [4.69, 9.17) is 4.74 Å². The van der Waals surface area contributed by atoms with Crippen LogP contribution in [0.4, 0.5) is 24.5 Å². The number of hydrogen-bond donors (Lipinski definition) is 2. The molecule has 10 nitrogen and oxygen atoms in total. The molecule has 0 unspecified atom stereocenters. The smallest absolute Gasteiger partial charge is 0.418 e. The molecular weight excluding hydrogens is 529 g/mol. The van der Waals surface area contributed by atoms with Crippen LogP contribution in [0, 0.1) is 0 Å². The Bertz CT molecular complexity index is 1490. The van der Waals surface area contributed by atoms with Crippen LogP contribution in [0.15, 0.2) is 41.5 Å². The number of nitrogens with zero attached hydrogens (tertiary/aromatic N) is 5. The fourth-order valence-electron chi connectivity index (χ4n) is 5.40. The molecule has 1 saturated heterocycles. The number of ether oxygens (including phenoxy) is 1. The summed E-state index contributed by atoms with van der Waals surface area (Å²) in [7, 11) is 1.47. The first-order valence-electron chi connectivity index (χ1n) is 12.9. The topological polar surface area (TPSA) is 113 Å².